The van der Waals surface area contributed by atoms with Gasteiger partial charge in [0.25, 0.3) is 5.56 Å². The molecule has 17 heavy (non-hydrogen) atoms. The van der Waals surface area contributed by atoms with Crippen LogP contribution in [-0.2, 0) is 0 Å². The average molecular weight is 298 g/mol. The lowest BCUT2D eigenvalue weighted by Crippen LogP contribution is -2.39. The third-order valence-electron chi connectivity index (χ3n) is 3.51. The molecule has 1 saturated carbocycles. The summed E-state index contributed by atoms with van der Waals surface area (Å²) in [5.74, 6) is 0.638. The van der Waals surface area contributed by atoms with Crippen LogP contribution in [0.1, 0.15) is 31.7 Å². The molecule has 0 aromatic carbocycles. The summed E-state index contributed by atoms with van der Waals surface area (Å²) in [6.45, 7) is 1.85. The van der Waals surface area contributed by atoms with Gasteiger partial charge in [0.2, 0.25) is 0 Å². The first kappa shape index (κ1) is 11.3. The monoisotopic (exact) mass is 297 g/mol. The van der Waals surface area contributed by atoms with Crippen LogP contribution < -0.4 is 10.5 Å². The molecular formula is C12H16BrN3O. The van der Waals surface area contributed by atoms with Crippen LogP contribution >= 0.6 is 15.9 Å². The van der Waals surface area contributed by atoms with Crippen molar-refractivity contribution in [3.63, 3.8) is 0 Å². The van der Waals surface area contributed by atoms with Crippen LogP contribution in [0.4, 0.5) is 5.82 Å². The smallest absolute Gasteiger partial charge is 0.293 e. The summed E-state index contributed by atoms with van der Waals surface area (Å²) in [5.41, 5.74) is 0.0861. The molecule has 0 spiro atoms. The molecule has 4 nitrogen and oxygen atoms in total. The van der Waals surface area contributed by atoms with Crippen molar-refractivity contribution in [2.45, 2.75) is 36.6 Å². The van der Waals surface area contributed by atoms with Gasteiger partial charge in [-0.1, -0.05) is 15.9 Å². The maximum absolute atomic E-state index is 12.3. The van der Waals surface area contributed by atoms with Crippen LogP contribution in [0.3, 0.4) is 0 Å². The molecule has 1 saturated heterocycles. The van der Waals surface area contributed by atoms with Gasteiger partial charge in [0, 0.05) is 36.4 Å². The van der Waals surface area contributed by atoms with Crippen molar-refractivity contribution in [2.75, 3.05) is 18.0 Å². The predicted molar refractivity (Wildman–Crippen MR) is 70.9 cm³/mol. The van der Waals surface area contributed by atoms with Crippen molar-refractivity contribution < 1.29 is 0 Å². The molecule has 0 radical (unpaired) electrons. The predicted octanol–water partition coefficient (Wildman–Crippen LogP) is 1.94. The zero-order chi connectivity index (χ0) is 11.8. The summed E-state index contributed by atoms with van der Waals surface area (Å²) in [4.78, 5) is 19.3. The van der Waals surface area contributed by atoms with E-state index in [1.807, 2.05) is 10.8 Å². The van der Waals surface area contributed by atoms with E-state index in [-0.39, 0.29) is 5.56 Å². The molecule has 0 atom stereocenters. The van der Waals surface area contributed by atoms with Crippen molar-refractivity contribution >= 4 is 21.7 Å². The van der Waals surface area contributed by atoms with Crippen LogP contribution in [0.5, 0.6) is 0 Å². The zero-order valence-electron chi connectivity index (χ0n) is 9.68. The molecule has 3 rings (SSSR count). The van der Waals surface area contributed by atoms with Crippen molar-refractivity contribution in [2.24, 2.45) is 0 Å². The Kier molecular flexibility index (Phi) is 2.94. The molecule has 1 aromatic heterocycles. The lowest BCUT2D eigenvalue weighted by molar-refractivity contribution is 0.583. The zero-order valence-corrected chi connectivity index (χ0v) is 11.3. The van der Waals surface area contributed by atoms with E-state index < -0.39 is 0 Å². The number of rotatable bonds is 2. The lowest BCUT2D eigenvalue weighted by atomic mass is 10.1. The minimum atomic E-state index is 0.0861. The maximum Gasteiger partial charge on any atom is 0.293 e. The van der Waals surface area contributed by atoms with E-state index in [0.29, 0.717) is 16.7 Å². The van der Waals surface area contributed by atoms with E-state index in [9.17, 15) is 4.79 Å². The fraction of sp³-hybridized carbons (Fsp3) is 0.667. The molecule has 0 N–H and O–H groups in total. The van der Waals surface area contributed by atoms with Crippen molar-refractivity contribution in [3.8, 4) is 0 Å². The summed E-state index contributed by atoms with van der Waals surface area (Å²) in [7, 11) is 0. The Balaban J connectivity index is 1.87. The summed E-state index contributed by atoms with van der Waals surface area (Å²) in [6.07, 6.45) is 8.01. The Morgan fingerprint density at radius 3 is 2.59 bits per heavy atom. The van der Waals surface area contributed by atoms with Crippen LogP contribution in [0, 0.1) is 0 Å². The van der Waals surface area contributed by atoms with Crippen molar-refractivity contribution in [1.29, 1.82) is 0 Å². The first-order valence-corrected chi connectivity index (χ1v) is 7.13. The first-order chi connectivity index (χ1) is 8.25. The quantitative estimate of drug-likeness (QED) is 0.783. The molecule has 0 amide bonds. The molecule has 2 fully saturated rings. The third-order valence-corrected chi connectivity index (χ3v) is 4.43. The van der Waals surface area contributed by atoms with Gasteiger partial charge in [0.05, 0.1) is 0 Å². The Bertz CT molecular complexity index is 461. The lowest BCUT2D eigenvalue weighted by Gasteiger charge is -2.30. The van der Waals surface area contributed by atoms with Crippen molar-refractivity contribution in [3.05, 3.63) is 22.7 Å². The Morgan fingerprint density at radius 1 is 1.24 bits per heavy atom. The summed E-state index contributed by atoms with van der Waals surface area (Å²) in [6, 6.07) is 0.429. The highest BCUT2D eigenvalue weighted by Gasteiger charge is 2.27. The Morgan fingerprint density at radius 2 is 1.94 bits per heavy atom. The molecule has 2 aliphatic rings. The SMILES string of the molecule is O=c1c(N2CCC(Br)CC2)nccn1C1CC1. The van der Waals surface area contributed by atoms with E-state index >= 15 is 0 Å². The summed E-state index contributed by atoms with van der Waals surface area (Å²) >= 11 is 3.62. The molecule has 1 aliphatic heterocycles. The number of hydrogen-bond donors (Lipinski definition) is 0. The molecule has 0 unspecified atom stereocenters. The van der Waals surface area contributed by atoms with Gasteiger partial charge >= 0.3 is 0 Å². The molecule has 0 bridgehead atoms. The summed E-state index contributed by atoms with van der Waals surface area (Å²) < 4.78 is 1.85. The number of nitrogens with zero attached hydrogens (tertiary/aromatic N) is 3. The normalized spacial score (nSPS) is 21.8. The Labute approximate surface area is 109 Å². The first-order valence-electron chi connectivity index (χ1n) is 6.22. The standard InChI is InChI=1S/C12H16BrN3O/c13-9-3-6-15(7-4-9)11-12(17)16(8-5-14-11)10-1-2-10/h5,8-10H,1-4,6-7H2. The van der Waals surface area contributed by atoms with E-state index in [1.54, 1.807) is 6.20 Å². The second kappa shape index (κ2) is 4.44. The van der Waals surface area contributed by atoms with E-state index in [0.717, 1.165) is 38.8 Å². The average Bonchev–Trinajstić information content (AvgIpc) is 3.15. The van der Waals surface area contributed by atoms with Crippen molar-refractivity contribution in [1.82, 2.24) is 9.55 Å². The number of alkyl halides is 1. The fourth-order valence-corrected chi connectivity index (χ4v) is 2.74. The van der Waals surface area contributed by atoms with Gasteiger partial charge in [-0.3, -0.25) is 4.79 Å². The third kappa shape index (κ3) is 2.25. The molecule has 2 heterocycles. The number of hydrogen-bond acceptors (Lipinski definition) is 3. The van der Waals surface area contributed by atoms with E-state index in [2.05, 4.69) is 25.8 Å². The van der Waals surface area contributed by atoms with Gasteiger partial charge in [-0.25, -0.2) is 4.98 Å². The minimum absolute atomic E-state index is 0.0861. The molecule has 92 valence electrons. The van der Waals surface area contributed by atoms with E-state index in [1.165, 1.54) is 0 Å². The highest BCUT2D eigenvalue weighted by Crippen LogP contribution is 2.33. The van der Waals surface area contributed by atoms with Crippen LogP contribution in [0.25, 0.3) is 0 Å². The number of halogens is 1. The van der Waals surface area contributed by atoms with Crippen LogP contribution in [-0.4, -0.2) is 27.5 Å². The summed E-state index contributed by atoms with van der Waals surface area (Å²) in [5, 5.41) is 0. The second-order valence-electron chi connectivity index (χ2n) is 4.86. The molecule has 1 aromatic rings. The Hall–Kier alpha value is -0.840. The van der Waals surface area contributed by atoms with Gasteiger partial charge in [-0.2, -0.15) is 0 Å². The number of piperidine rings is 1. The molecular weight excluding hydrogens is 282 g/mol. The number of anilines is 1. The fourth-order valence-electron chi connectivity index (χ4n) is 2.33. The van der Waals surface area contributed by atoms with Crippen LogP contribution in [0.15, 0.2) is 17.2 Å². The van der Waals surface area contributed by atoms with E-state index in [4.69, 9.17) is 0 Å². The number of aromatic nitrogens is 2. The van der Waals surface area contributed by atoms with Gasteiger partial charge in [0.15, 0.2) is 5.82 Å². The maximum atomic E-state index is 12.3. The largest absolute Gasteiger partial charge is 0.352 e. The molecule has 5 heteroatoms. The van der Waals surface area contributed by atoms with Gasteiger partial charge in [-0.05, 0) is 25.7 Å². The van der Waals surface area contributed by atoms with Gasteiger partial charge in [0.1, 0.15) is 0 Å². The molecule has 1 aliphatic carbocycles. The van der Waals surface area contributed by atoms with Gasteiger partial charge < -0.3 is 9.47 Å². The van der Waals surface area contributed by atoms with Crippen LogP contribution in [0.2, 0.25) is 0 Å². The highest BCUT2D eigenvalue weighted by atomic mass is 79.9. The van der Waals surface area contributed by atoms with Gasteiger partial charge in [-0.15, -0.1) is 0 Å². The highest BCUT2D eigenvalue weighted by molar-refractivity contribution is 9.09. The topological polar surface area (TPSA) is 38.1 Å². The second-order valence-corrected chi connectivity index (χ2v) is 6.15. The minimum Gasteiger partial charge on any atom is -0.352 e.